The monoisotopic (exact) mass is 386 g/mol. The van der Waals surface area contributed by atoms with E-state index in [1.54, 1.807) is 24.4 Å². The lowest BCUT2D eigenvalue weighted by molar-refractivity contribution is -0.0319. The van der Waals surface area contributed by atoms with Crippen LogP contribution in [0.3, 0.4) is 0 Å². The maximum absolute atomic E-state index is 13.1. The Kier molecular flexibility index (Phi) is 6.02. The molecule has 1 aliphatic heterocycles. The van der Waals surface area contributed by atoms with Crippen LogP contribution in [0.25, 0.3) is 0 Å². The van der Waals surface area contributed by atoms with Crippen molar-refractivity contribution in [3.8, 4) is 11.6 Å². The highest BCUT2D eigenvalue weighted by Crippen LogP contribution is 2.34. The van der Waals surface area contributed by atoms with E-state index in [4.69, 9.17) is 9.47 Å². The molecule has 1 aromatic carbocycles. The first-order valence-electron chi connectivity index (χ1n) is 10.1. The van der Waals surface area contributed by atoms with Crippen LogP contribution in [0, 0.1) is 5.82 Å². The summed E-state index contributed by atoms with van der Waals surface area (Å²) in [6.45, 7) is 4.39. The molecule has 6 nitrogen and oxygen atoms in total. The van der Waals surface area contributed by atoms with Gasteiger partial charge in [-0.25, -0.2) is 9.37 Å². The summed E-state index contributed by atoms with van der Waals surface area (Å²) < 4.78 is 24.3. The Morgan fingerprint density at radius 2 is 1.82 bits per heavy atom. The van der Waals surface area contributed by atoms with Crippen LogP contribution >= 0.6 is 0 Å². The van der Waals surface area contributed by atoms with E-state index < -0.39 is 0 Å². The van der Waals surface area contributed by atoms with Gasteiger partial charge >= 0.3 is 0 Å². The van der Waals surface area contributed by atoms with Gasteiger partial charge in [0.1, 0.15) is 11.6 Å². The molecule has 150 valence electrons. The molecular weight excluding hydrogens is 359 g/mol. The predicted molar refractivity (Wildman–Crippen MR) is 105 cm³/mol. The minimum atomic E-state index is -0.293. The van der Waals surface area contributed by atoms with Gasteiger partial charge in [0.05, 0.1) is 13.2 Å². The molecule has 1 aliphatic carbocycles. The number of morpholine rings is 1. The lowest BCUT2D eigenvalue weighted by Crippen LogP contribution is -2.58. The largest absolute Gasteiger partial charge is 0.439 e. The van der Waals surface area contributed by atoms with Gasteiger partial charge in [-0.15, -0.1) is 0 Å². The zero-order chi connectivity index (χ0) is 19.2. The molecule has 0 bridgehead atoms. The number of rotatable bonds is 6. The van der Waals surface area contributed by atoms with Gasteiger partial charge in [-0.2, -0.15) is 4.98 Å². The molecule has 2 aliphatic rings. The van der Waals surface area contributed by atoms with Crippen LogP contribution in [0.1, 0.15) is 32.1 Å². The molecule has 0 unspecified atom stereocenters. The third-order valence-electron chi connectivity index (χ3n) is 5.71. The number of hydrogen-bond acceptors (Lipinski definition) is 6. The van der Waals surface area contributed by atoms with Crippen molar-refractivity contribution in [3.05, 3.63) is 42.3 Å². The Balaban J connectivity index is 1.43. The predicted octanol–water partition coefficient (Wildman–Crippen LogP) is 3.86. The topological polar surface area (TPSA) is 59.5 Å². The fourth-order valence-corrected chi connectivity index (χ4v) is 4.20. The normalized spacial score (nSPS) is 19.9. The molecule has 2 heterocycles. The molecule has 2 aromatic rings. The van der Waals surface area contributed by atoms with Gasteiger partial charge in [0.25, 0.3) is 0 Å². The third-order valence-corrected chi connectivity index (χ3v) is 5.71. The summed E-state index contributed by atoms with van der Waals surface area (Å²) >= 11 is 0. The minimum absolute atomic E-state index is 0.138. The highest BCUT2D eigenvalue weighted by molar-refractivity contribution is 5.32. The minimum Gasteiger partial charge on any atom is -0.439 e. The summed E-state index contributed by atoms with van der Waals surface area (Å²) in [6.07, 6.45) is 7.87. The molecule has 1 N–H and O–H groups in total. The average Bonchev–Trinajstić information content (AvgIpc) is 2.76. The van der Waals surface area contributed by atoms with Crippen molar-refractivity contribution >= 4 is 5.95 Å². The van der Waals surface area contributed by atoms with Crippen LogP contribution in [0.4, 0.5) is 10.3 Å². The Labute approximate surface area is 165 Å². The molecule has 0 spiro atoms. The van der Waals surface area contributed by atoms with E-state index in [9.17, 15) is 4.39 Å². The quantitative estimate of drug-likeness (QED) is 0.814. The van der Waals surface area contributed by atoms with Gasteiger partial charge in [-0.3, -0.25) is 4.90 Å². The number of aromatic nitrogens is 2. The summed E-state index contributed by atoms with van der Waals surface area (Å²) in [6, 6.07) is 7.60. The second-order valence-electron chi connectivity index (χ2n) is 7.51. The van der Waals surface area contributed by atoms with E-state index in [2.05, 4.69) is 20.2 Å². The van der Waals surface area contributed by atoms with E-state index in [0.29, 0.717) is 17.6 Å². The van der Waals surface area contributed by atoms with Crippen molar-refractivity contribution in [3.63, 3.8) is 0 Å². The van der Waals surface area contributed by atoms with Crippen LogP contribution in [0.5, 0.6) is 11.6 Å². The highest BCUT2D eigenvalue weighted by Gasteiger charge is 2.38. The standard InChI is InChI=1S/C21H27FN4O2/c22-17-4-6-18(7-5-17)28-19-8-11-23-20(25-19)24-16-21(9-2-1-3-10-21)26-12-14-27-15-13-26/h4-8,11H,1-3,9-10,12-16H2,(H,23,24,25). The number of hydrogen-bond donors (Lipinski definition) is 1. The highest BCUT2D eigenvalue weighted by atomic mass is 19.1. The van der Waals surface area contributed by atoms with Crippen LogP contribution in [-0.2, 0) is 4.74 Å². The molecular formula is C21H27FN4O2. The number of nitrogens with one attached hydrogen (secondary N) is 1. The molecule has 0 radical (unpaired) electrons. The van der Waals surface area contributed by atoms with Crippen molar-refractivity contribution in [2.75, 3.05) is 38.2 Å². The van der Waals surface area contributed by atoms with Crippen molar-refractivity contribution < 1.29 is 13.9 Å². The van der Waals surface area contributed by atoms with Crippen LogP contribution in [0.2, 0.25) is 0 Å². The SMILES string of the molecule is Fc1ccc(Oc2ccnc(NCC3(N4CCOCC4)CCCCC3)n2)cc1. The van der Waals surface area contributed by atoms with E-state index in [1.165, 1.54) is 44.2 Å². The second-order valence-corrected chi connectivity index (χ2v) is 7.51. The summed E-state index contributed by atoms with van der Waals surface area (Å²) in [5.41, 5.74) is 0.138. The Bertz CT molecular complexity index is 759. The molecule has 0 amide bonds. The number of nitrogens with zero attached hydrogens (tertiary/aromatic N) is 3. The zero-order valence-electron chi connectivity index (χ0n) is 16.1. The molecule has 1 saturated heterocycles. The first-order chi connectivity index (χ1) is 13.7. The molecule has 0 atom stereocenters. The molecule has 1 aromatic heterocycles. The lowest BCUT2D eigenvalue weighted by atomic mass is 9.80. The van der Waals surface area contributed by atoms with Gasteiger partial charge in [0.2, 0.25) is 11.8 Å². The molecule has 4 rings (SSSR count). The molecule has 28 heavy (non-hydrogen) atoms. The van der Waals surface area contributed by atoms with Crippen molar-refractivity contribution in [1.29, 1.82) is 0 Å². The smallest absolute Gasteiger partial charge is 0.226 e. The number of benzene rings is 1. The van der Waals surface area contributed by atoms with Crippen LogP contribution in [-0.4, -0.2) is 53.3 Å². The van der Waals surface area contributed by atoms with Crippen LogP contribution < -0.4 is 10.1 Å². The maximum Gasteiger partial charge on any atom is 0.226 e. The van der Waals surface area contributed by atoms with E-state index in [0.717, 1.165) is 32.8 Å². The number of halogens is 1. The molecule has 1 saturated carbocycles. The summed E-state index contributed by atoms with van der Waals surface area (Å²) in [4.78, 5) is 11.4. The third kappa shape index (κ3) is 4.59. The second kappa shape index (κ2) is 8.84. The fraction of sp³-hybridized carbons (Fsp3) is 0.524. The van der Waals surface area contributed by atoms with E-state index >= 15 is 0 Å². The average molecular weight is 386 g/mol. The lowest BCUT2D eigenvalue weighted by Gasteiger charge is -2.48. The maximum atomic E-state index is 13.1. The van der Waals surface area contributed by atoms with Gasteiger partial charge in [-0.05, 0) is 37.1 Å². The Morgan fingerprint density at radius 3 is 2.57 bits per heavy atom. The van der Waals surface area contributed by atoms with Crippen LogP contribution in [0.15, 0.2) is 36.5 Å². The number of ether oxygens (including phenoxy) is 2. The van der Waals surface area contributed by atoms with Crippen molar-refractivity contribution in [2.45, 2.75) is 37.6 Å². The Hall–Kier alpha value is -2.25. The van der Waals surface area contributed by atoms with Gasteiger partial charge in [0.15, 0.2) is 0 Å². The molecule has 7 heteroatoms. The van der Waals surface area contributed by atoms with Gasteiger partial charge in [-0.1, -0.05) is 19.3 Å². The summed E-state index contributed by atoms with van der Waals surface area (Å²) in [5, 5.41) is 3.44. The molecule has 2 fully saturated rings. The van der Waals surface area contributed by atoms with E-state index in [-0.39, 0.29) is 11.4 Å². The Morgan fingerprint density at radius 1 is 1.07 bits per heavy atom. The van der Waals surface area contributed by atoms with Crippen molar-refractivity contribution in [1.82, 2.24) is 14.9 Å². The van der Waals surface area contributed by atoms with E-state index in [1.807, 2.05) is 0 Å². The zero-order valence-corrected chi connectivity index (χ0v) is 16.1. The fourth-order valence-electron chi connectivity index (χ4n) is 4.20. The first kappa shape index (κ1) is 19.1. The van der Waals surface area contributed by atoms with Gasteiger partial charge < -0.3 is 14.8 Å². The first-order valence-corrected chi connectivity index (χ1v) is 10.1. The summed E-state index contributed by atoms with van der Waals surface area (Å²) in [7, 11) is 0. The van der Waals surface area contributed by atoms with Gasteiger partial charge in [0, 0.05) is 37.4 Å². The number of anilines is 1. The van der Waals surface area contributed by atoms with Crippen molar-refractivity contribution in [2.24, 2.45) is 0 Å². The summed E-state index contributed by atoms with van der Waals surface area (Å²) in [5.74, 6) is 1.24.